The number of benzene rings is 3. The van der Waals surface area contributed by atoms with Gasteiger partial charge in [-0.05, 0) is 48.0 Å². The molecule has 1 fully saturated rings. The highest BCUT2D eigenvalue weighted by Crippen LogP contribution is 2.25. The molecule has 4 nitrogen and oxygen atoms in total. The Bertz CT molecular complexity index is 1110. The molecule has 1 unspecified atom stereocenters. The number of amides is 1. The van der Waals surface area contributed by atoms with Gasteiger partial charge in [-0.1, -0.05) is 35.9 Å². The molecule has 1 amide bonds. The van der Waals surface area contributed by atoms with Gasteiger partial charge in [-0.3, -0.25) is 9.69 Å². The van der Waals surface area contributed by atoms with E-state index in [1.54, 1.807) is 23.1 Å². The van der Waals surface area contributed by atoms with Gasteiger partial charge in [0.15, 0.2) is 0 Å². The van der Waals surface area contributed by atoms with Gasteiger partial charge in [-0.25, -0.2) is 13.2 Å². The molecule has 1 aliphatic heterocycles. The molecule has 0 radical (unpaired) electrons. The zero-order chi connectivity index (χ0) is 24.1. The largest absolute Gasteiger partial charge is 0.367 e. The van der Waals surface area contributed by atoms with Crippen molar-refractivity contribution in [3.8, 4) is 0 Å². The summed E-state index contributed by atoms with van der Waals surface area (Å²) in [5.41, 5.74) is 1.04. The molecule has 0 aromatic heterocycles. The van der Waals surface area contributed by atoms with Crippen LogP contribution in [0, 0.1) is 17.5 Å². The van der Waals surface area contributed by atoms with Gasteiger partial charge >= 0.3 is 0 Å². The third-order valence-corrected chi connectivity index (χ3v) is 6.14. The predicted octanol–water partition coefficient (Wildman–Crippen LogP) is 5.47. The number of halogens is 4. The molecule has 1 atom stereocenters. The van der Waals surface area contributed by atoms with Crippen LogP contribution in [-0.2, 0) is 11.3 Å². The lowest BCUT2D eigenvalue weighted by Crippen LogP contribution is -2.49. The average molecular weight is 489 g/mol. The van der Waals surface area contributed by atoms with E-state index < -0.39 is 23.6 Å². The Morgan fingerprint density at radius 3 is 2.21 bits per heavy atom. The van der Waals surface area contributed by atoms with Crippen LogP contribution in [0.3, 0.4) is 0 Å². The summed E-state index contributed by atoms with van der Waals surface area (Å²) in [6, 6.07) is 16.5. The Morgan fingerprint density at radius 1 is 0.912 bits per heavy atom. The summed E-state index contributed by atoms with van der Waals surface area (Å²) >= 11 is 6.02. The molecule has 0 saturated carbocycles. The smallest absolute Gasteiger partial charge is 0.254 e. The fourth-order valence-corrected chi connectivity index (χ4v) is 4.08. The molecule has 4 rings (SSSR count). The summed E-state index contributed by atoms with van der Waals surface area (Å²) in [5, 5.41) is 0.576. The van der Waals surface area contributed by atoms with E-state index in [1.807, 2.05) is 12.1 Å². The Balaban J connectivity index is 1.41. The highest BCUT2D eigenvalue weighted by molar-refractivity contribution is 6.30. The lowest BCUT2D eigenvalue weighted by molar-refractivity contribution is 0.00144. The van der Waals surface area contributed by atoms with Crippen molar-refractivity contribution in [1.29, 1.82) is 0 Å². The van der Waals surface area contributed by atoms with Crippen molar-refractivity contribution in [2.45, 2.75) is 12.7 Å². The van der Waals surface area contributed by atoms with Gasteiger partial charge in [0.25, 0.3) is 5.91 Å². The molecule has 1 aliphatic rings. The van der Waals surface area contributed by atoms with Gasteiger partial charge in [0.2, 0.25) is 0 Å². The van der Waals surface area contributed by atoms with Crippen molar-refractivity contribution >= 4 is 17.5 Å². The van der Waals surface area contributed by atoms with Gasteiger partial charge in [-0.15, -0.1) is 0 Å². The number of hydrogen-bond acceptors (Lipinski definition) is 3. The molecular weight excluding hydrogens is 465 g/mol. The maximum atomic E-state index is 14.1. The van der Waals surface area contributed by atoms with Crippen molar-refractivity contribution in [1.82, 2.24) is 9.80 Å². The van der Waals surface area contributed by atoms with Gasteiger partial charge < -0.3 is 9.64 Å². The zero-order valence-electron chi connectivity index (χ0n) is 18.4. The van der Waals surface area contributed by atoms with E-state index in [4.69, 9.17) is 16.3 Å². The quantitative estimate of drug-likeness (QED) is 0.442. The second kappa shape index (κ2) is 11.0. The van der Waals surface area contributed by atoms with Crippen LogP contribution in [0.5, 0.6) is 0 Å². The van der Waals surface area contributed by atoms with E-state index in [0.717, 1.165) is 5.56 Å². The fourth-order valence-electron chi connectivity index (χ4n) is 3.96. The molecule has 8 heteroatoms. The van der Waals surface area contributed by atoms with Gasteiger partial charge in [-0.2, -0.15) is 0 Å². The van der Waals surface area contributed by atoms with Crippen molar-refractivity contribution in [2.24, 2.45) is 0 Å². The average Bonchev–Trinajstić information content (AvgIpc) is 2.83. The topological polar surface area (TPSA) is 32.8 Å². The normalized spacial score (nSPS) is 15.4. The van der Waals surface area contributed by atoms with Crippen LogP contribution in [-0.4, -0.2) is 48.4 Å². The fraction of sp³-hybridized carbons (Fsp3) is 0.269. The molecule has 1 saturated heterocycles. The predicted molar refractivity (Wildman–Crippen MR) is 124 cm³/mol. The zero-order valence-corrected chi connectivity index (χ0v) is 19.1. The monoisotopic (exact) mass is 488 g/mol. The van der Waals surface area contributed by atoms with Crippen molar-refractivity contribution in [3.63, 3.8) is 0 Å². The van der Waals surface area contributed by atoms with Crippen LogP contribution in [0.1, 0.15) is 27.6 Å². The summed E-state index contributed by atoms with van der Waals surface area (Å²) in [6.07, 6.45) is -0.457. The summed E-state index contributed by atoms with van der Waals surface area (Å²) < 4.78 is 47.7. The number of carbonyl (C=O) groups is 1. The van der Waals surface area contributed by atoms with E-state index in [1.165, 1.54) is 36.4 Å². The highest BCUT2D eigenvalue weighted by Gasteiger charge is 2.25. The molecule has 3 aromatic carbocycles. The molecule has 1 heterocycles. The van der Waals surface area contributed by atoms with E-state index in [9.17, 15) is 18.0 Å². The Hall–Kier alpha value is -2.87. The summed E-state index contributed by atoms with van der Waals surface area (Å²) in [4.78, 5) is 16.5. The van der Waals surface area contributed by atoms with Crippen LogP contribution in [0.15, 0.2) is 66.7 Å². The van der Waals surface area contributed by atoms with Gasteiger partial charge in [0.1, 0.15) is 17.5 Å². The maximum absolute atomic E-state index is 14.1. The second-order valence-electron chi connectivity index (χ2n) is 8.15. The highest BCUT2D eigenvalue weighted by atomic mass is 35.5. The number of piperazine rings is 1. The number of nitrogens with zero attached hydrogens (tertiary/aromatic N) is 2. The minimum absolute atomic E-state index is 0.119. The van der Waals surface area contributed by atoms with E-state index in [2.05, 4.69) is 4.90 Å². The standard InChI is InChI=1S/C26H24ClF3N2O2/c27-20-9-7-18(8-10-20)25(34-17-22-23(29)5-2-6-24(22)30)16-31-11-13-32(14-12-31)26(33)19-3-1-4-21(28)15-19/h1-10,15,25H,11-14,16-17H2. The van der Waals surface area contributed by atoms with Gasteiger partial charge in [0, 0.05) is 48.9 Å². The third-order valence-electron chi connectivity index (χ3n) is 5.89. The Labute approximate surface area is 201 Å². The first-order chi connectivity index (χ1) is 16.4. The summed E-state index contributed by atoms with van der Waals surface area (Å²) in [7, 11) is 0. The number of rotatable bonds is 7. The minimum atomic E-state index is -0.653. The first kappa shape index (κ1) is 24.3. The molecule has 34 heavy (non-hydrogen) atoms. The van der Waals surface area contributed by atoms with Crippen LogP contribution < -0.4 is 0 Å². The third kappa shape index (κ3) is 5.97. The van der Waals surface area contributed by atoms with E-state index in [0.29, 0.717) is 43.3 Å². The lowest BCUT2D eigenvalue weighted by Gasteiger charge is -2.36. The van der Waals surface area contributed by atoms with Crippen molar-refractivity contribution in [3.05, 3.63) is 106 Å². The molecule has 0 N–H and O–H groups in total. The molecule has 3 aromatic rings. The second-order valence-corrected chi connectivity index (χ2v) is 8.59. The Kier molecular flexibility index (Phi) is 7.88. The molecule has 178 valence electrons. The minimum Gasteiger partial charge on any atom is -0.367 e. The van der Waals surface area contributed by atoms with Crippen molar-refractivity contribution < 1.29 is 22.7 Å². The first-order valence-electron chi connectivity index (χ1n) is 11.0. The molecule has 0 bridgehead atoms. The molecular formula is C26H24ClF3N2O2. The molecule has 0 aliphatic carbocycles. The number of carbonyl (C=O) groups excluding carboxylic acids is 1. The number of ether oxygens (including phenoxy) is 1. The summed E-state index contributed by atoms with van der Waals surface area (Å²) in [6.45, 7) is 2.38. The van der Waals surface area contributed by atoms with Crippen LogP contribution in [0.25, 0.3) is 0 Å². The Morgan fingerprint density at radius 2 is 1.56 bits per heavy atom. The summed E-state index contributed by atoms with van der Waals surface area (Å²) in [5.74, 6) is -1.96. The van der Waals surface area contributed by atoms with Crippen LogP contribution in [0.2, 0.25) is 5.02 Å². The SMILES string of the molecule is O=C(c1cccc(F)c1)N1CCN(CC(OCc2c(F)cccc2F)c2ccc(Cl)cc2)CC1. The van der Waals surface area contributed by atoms with Crippen molar-refractivity contribution in [2.75, 3.05) is 32.7 Å². The maximum Gasteiger partial charge on any atom is 0.254 e. The first-order valence-corrected chi connectivity index (χ1v) is 11.4. The van der Waals surface area contributed by atoms with Crippen LogP contribution >= 0.6 is 11.6 Å². The van der Waals surface area contributed by atoms with Gasteiger partial charge in [0.05, 0.1) is 12.7 Å². The van der Waals surface area contributed by atoms with Crippen LogP contribution in [0.4, 0.5) is 13.2 Å². The number of hydrogen-bond donors (Lipinski definition) is 0. The molecule has 0 spiro atoms. The van der Waals surface area contributed by atoms with E-state index in [-0.39, 0.29) is 18.1 Å². The van der Waals surface area contributed by atoms with E-state index >= 15 is 0 Å². The lowest BCUT2D eigenvalue weighted by atomic mass is 10.1.